The Bertz CT molecular complexity index is 793. The van der Waals surface area contributed by atoms with Crippen LogP contribution in [0.1, 0.15) is 75.7 Å². The number of likely N-dealkylation sites (tertiary alicyclic amines) is 1. The van der Waals surface area contributed by atoms with E-state index in [-0.39, 0.29) is 23.5 Å². The highest BCUT2D eigenvalue weighted by Crippen LogP contribution is 2.46. The predicted octanol–water partition coefficient (Wildman–Crippen LogP) is 3.71. The molecule has 1 spiro atoms. The second-order valence-corrected chi connectivity index (χ2v) is 9.69. The summed E-state index contributed by atoms with van der Waals surface area (Å²) in [5.41, 5.74) is 0.874. The number of urea groups is 1. The average Bonchev–Trinajstić information content (AvgIpc) is 3.40. The minimum atomic E-state index is -0.275. The highest BCUT2D eigenvalue weighted by molar-refractivity contribution is 5.78. The lowest BCUT2D eigenvalue weighted by Crippen LogP contribution is -2.54. The Hall–Kier alpha value is -2.24. The van der Waals surface area contributed by atoms with Gasteiger partial charge in [0.25, 0.3) is 0 Å². The van der Waals surface area contributed by atoms with Crippen molar-refractivity contribution >= 4 is 11.9 Å². The van der Waals surface area contributed by atoms with Crippen LogP contribution in [0.3, 0.4) is 0 Å². The minimum Gasteiger partial charge on any atom is -0.487 e. The molecule has 0 bridgehead atoms. The molecule has 4 aliphatic rings. The lowest BCUT2D eigenvalue weighted by atomic mass is 9.76. The van der Waals surface area contributed by atoms with Gasteiger partial charge in [-0.3, -0.25) is 4.79 Å². The van der Waals surface area contributed by atoms with E-state index >= 15 is 0 Å². The van der Waals surface area contributed by atoms with Gasteiger partial charge >= 0.3 is 6.03 Å². The summed E-state index contributed by atoms with van der Waals surface area (Å²) in [7, 11) is 0. The van der Waals surface area contributed by atoms with E-state index in [1.165, 1.54) is 12.8 Å². The Labute approximate surface area is 178 Å². The normalized spacial score (nSPS) is 25.5. The summed E-state index contributed by atoms with van der Waals surface area (Å²) in [6.07, 6.45) is 9.87. The zero-order chi connectivity index (χ0) is 20.6. The number of hydrogen-bond donors (Lipinski definition) is 2. The van der Waals surface area contributed by atoms with Crippen molar-refractivity contribution in [3.05, 3.63) is 29.8 Å². The summed E-state index contributed by atoms with van der Waals surface area (Å²) in [4.78, 5) is 27.1. The number of benzene rings is 1. The fourth-order valence-electron chi connectivity index (χ4n) is 5.42. The Kier molecular flexibility index (Phi) is 5.34. The number of carbonyl (C=O) groups excluding carboxylic acids is 2. The Balaban J connectivity index is 1.24. The van der Waals surface area contributed by atoms with Crippen molar-refractivity contribution in [2.45, 2.75) is 87.8 Å². The lowest BCUT2D eigenvalue weighted by Gasteiger charge is -2.47. The monoisotopic (exact) mass is 411 g/mol. The number of piperidine rings is 1. The molecule has 2 aliphatic heterocycles. The van der Waals surface area contributed by atoms with Crippen LogP contribution in [0.4, 0.5) is 4.79 Å². The molecule has 2 aliphatic carbocycles. The van der Waals surface area contributed by atoms with Crippen molar-refractivity contribution in [3.8, 4) is 5.75 Å². The summed E-state index contributed by atoms with van der Waals surface area (Å²) in [6, 6.07) is 8.98. The van der Waals surface area contributed by atoms with Crippen LogP contribution in [0.25, 0.3) is 0 Å². The van der Waals surface area contributed by atoms with Crippen molar-refractivity contribution in [3.63, 3.8) is 0 Å². The van der Waals surface area contributed by atoms with Gasteiger partial charge in [-0.15, -0.1) is 0 Å². The largest absolute Gasteiger partial charge is 0.487 e. The van der Waals surface area contributed by atoms with Crippen molar-refractivity contribution < 1.29 is 14.3 Å². The highest BCUT2D eigenvalue weighted by atomic mass is 16.5. The first kappa shape index (κ1) is 19.7. The molecule has 30 heavy (non-hydrogen) atoms. The van der Waals surface area contributed by atoms with Crippen molar-refractivity contribution in [1.29, 1.82) is 0 Å². The number of amides is 3. The van der Waals surface area contributed by atoms with Crippen LogP contribution in [0.5, 0.6) is 5.75 Å². The van der Waals surface area contributed by atoms with Crippen LogP contribution in [-0.2, 0) is 4.79 Å². The quantitative estimate of drug-likeness (QED) is 0.794. The van der Waals surface area contributed by atoms with E-state index < -0.39 is 0 Å². The van der Waals surface area contributed by atoms with Crippen LogP contribution in [0, 0.1) is 0 Å². The zero-order valence-corrected chi connectivity index (χ0v) is 17.7. The van der Waals surface area contributed by atoms with Crippen LogP contribution in [0.15, 0.2) is 24.3 Å². The molecule has 0 aromatic heterocycles. The van der Waals surface area contributed by atoms with Gasteiger partial charge in [-0.05, 0) is 43.7 Å². The Morgan fingerprint density at radius 2 is 1.70 bits per heavy atom. The standard InChI is InChI=1S/C24H33N3O3/c28-22(25-19-9-10-19)15-17-16-24(30-21-8-4-3-7-20(17)21)11-13-27(14-12-24)23(29)26-18-5-1-2-6-18/h3-4,7-8,17-19H,1-2,5-6,9-16H2,(H,25,28)(H,26,29)/t17-/m0/s1. The van der Waals surface area contributed by atoms with Gasteiger partial charge in [0.15, 0.2) is 0 Å². The third-order valence-electron chi connectivity index (χ3n) is 7.32. The Morgan fingerprint density at radius 3 is 2.43 bits per heavy atom. The van der Waals surface area contributed by atoms with Gasteiger partial charge in [-0.25, -0.2) is 4.79 Å². The lowest BCUT2D eigenvalue weighted by molar-refractivity contribution is -0.122. The molecular weight excluding hydrogens is 378 g/mol. The van der Waals surface area contributed by atoms with Gasteiger partial charge in [-0.2, -0.15) is 0 Å². The maximum atomic E-state index is 12.7. The number of carbonyl (C=O) groups is 2. The van der Waals surface area contributed by atoms with E-state index in [1.54, 1.807) is 0 Å². The second-order valence-electron chi connectivity index (χ2n) is 9.69. The second kappa shape index (κ2) is 8.12. The molecule has 5 rings (SSSR count). The van der Waals surface area contributed by atoms with Crippen LogP contribution in [-0.4, -0.2) is 47.6 Å². The summed E-state index contributed by atoms with van der Waals surface area (Å²) >= 11 is 0. The number of nitrogens with zero attached hydrogens (tertiary/aromatic N) is 1. The Morgan fingerprint density at radius 1 is 1.00 bits per heavy atom. The molecule has 1 aromatic rings. The number of nitrogens with one attached hydrogen (secondary N) is 2. The van der Waals surface area contributed by atoms with Crippen molar-refractivity contribution in [1.82, 2.24) is 15.5 Å². The number of para-hydroxylation sites is 1. The smallest absolute Gasteiger partial charge is 0.317 e. The summed E-state index contributed by atoms with van der Waals surface area (Å²) in [5.74, 6) is 1.24. The van der Waals surface area contributed by atoms with E-state index in [2.05, 4.69) is 16.7 Å². The fourth-order valence-corrected chi connectivity index (χ4v) is 5.42. The maximum absolute atomic E-state index is 12.7. The first-order valence-electron chi connectivity index (χ1n) is 11.7. The van der Waals surface area contributed by atoms with Crippen LogP contribution < -0.4 is 15.4 Å². The number of fused-ring (bicyclic) bond motifs is 1. The van der Waals surface area contributed by atoms with Gasteiger partial charge in [0.1, 0.15) is 11.4 Å². The molecule has 2 saturated carbocycles. The van der Waals surface area contributed by atoms with Crippen LogP contribution >= 0.6 is 0 Å². The van der Waals surface area contributed by atoms with E-state index in [4.69, 9.17) is 4.74 Å². The molecule has 6 nitrogen and oxygen atoms in total. The van der Waals surface area contributed by atoms with Crippen molar-refractivity contribution in [2.75, 3.05) is 13.1 Å². The number of ether oxygens (including phenoxy) is 1. The predicted molar refractivity (Wildman–Crippen MR) is 115 cm³/mol. The van der Waals surface area contributed by atoms with Gasteiger partial charge in [-0.1, -0.05) is 31.0 Å². The molecule has 2 N–H and O–H groups in total. The molecule has 3 amide bonds. The maximum Gasteiger partial charge on any atom is 0.317 e. The third-order valence-corrected chi connectivity index (χ3v) is 7.32. The van der Waals surface area contributed by atoms with Gasteiger partial charge in [0, 0.05) is 50.4 Å². The highest BCUT2D eigenvalue weighted by Gasteiger charge is 2.44. The number of hydrogen-bond acceptors (Lipinski definition) is 3. The molecule has 1 atom stereocenters. The van der Waals surface area contributed by atoms with E-state index in [0.29, 0.717) is 31.6 Å². The SMILES string of the molecule is O=C(C[C@H]1CC2(CCN(C(=O)NC3CCCC3)CC2)Oc2ccccc21)NC1CC1. The molecule has 2 heterocycles. The minimum absolute atomic E-state index is 0.0771. The zero-order valence-electron chi connectivity index (χ0n) is 17.7. The molecule has 162 valence electrons. The first-order chi connectivity index (χ1) is 14.6. The van der Waals surface area contributed by atoms with Gasteiger partial charge in [0.05, 0.1) is 0 Å². The third kappa shape index (κ3) is 4.28. The molecule has 6 heteroatoms. The van der Waals surface area contributed by atoms with E-state index in [9.17, 15) is 9.59 Å². The summed E-state index contributed by atoms with van der Waals surface area (Å²) < 4.78 is 6.54. The van der Waals surface area contributed by atoms with Crippen molar-refractivity contribution in [2.24, 2.45) is 0 Å². The molecule has 1 saturated heterocycles. The molecule has 0 radical (unpaired) electrons. The first-order valence-corrected chi connectivity index (χ1v) is 11.7. The molecule has 1 aromatic carbocycles. The summed E-state index contributed by atoms with van der Waals surface area (Å²) in [5, 5.41) is 6.35. The fraction of sp³-hybridized carbons (Fsp3) is 0.667. The van der Waals surface area contributed by atoms with E-state index in [0.717, 1.165) is 56.3 Å². The number of rotatable bonds is 4. The van der Waals surface area contributed by atoms with E-state index in [1.807, 2.05) is 23.1 Å². The van der Waals surface area contributed by atoms with Gasteiger partial charge in [0.2, 0.25) is 5.91 Å². The van der Waals surface area contributed by atoms with Crippen LogP contribution in [0.2, 0.25) is 0 Å². The topological polar surface area (TPSA) is 70.7 Å². The molecule has 3 fully saturated rings. The molecular formula is C24H33N3O3. The molecule has 0 unspecified atom stereocenters. The summed E-state index contributed by atoms with van der Waals surface area (Å²) in [6.45, 7) is 1.42. The van der Waals surface area contributed by atoms with Gasteiger partial charge < -0.3 is 20.3 Å². The average molecular weight is 412 g/mol.